The van der Waals surface area contributed by atoms with Gasteiger partial charge in [-0.05, 0) is 42.0 Å². The molecule has 3 aromatic rings. The Morgan fingerprint density at radius 2 is 1.69 bits per heavy atom. The molecule has 1 aliphatic heterocycles. The van der Waals surface area contributed by atoms with Gasteiger partial charge >= 0.3 is 0 Å². The van der Waals surface area contributed by atoms with Gasteiger partial charge < -0.3 is 19.5 Å². The van der Waals surface area contributed by atoms with Crippen LogP contribution in [0, 0.1) is 0 Å². The van der Waals surface area contributed by atoms with Crippen LogP contribution in [0.15, 0.2) is 72.8 Å². The monoisotopic (exact) mass is 347 g/mol. The van der Waals surface area contributed by atoms with Gasteiger partial charge in [-0.15, -0.1) is 0 Å². The fraction of sp³-hybridized carbons (Fsp3) is 0.0952. The topological polar surface area (TPSA) is 56.8 Å². The predicted molar refractivity (Wildman–Crippen MR) is 97.9 cm³/mol. The lowest BCUT2D eigenvalue weighted by Crippen LogP contribution is -2.14. The van der Waals surface area contributed by atoms with Crippen molar-refractivity contribution in [2.75, 3.05) is 12.1 Å². The summed E-state index contributed by atoms with van der Waals surface area (Å²) in [6.45, 7) is 0.217. The number of fused-ring (bicyclic) bond motifs is 1. The summed E-state index contributed by atoms with van der Waals surface area (Å²) in [6, 6.07) is 22.3. The molecule has 0 saturated carbocycles. The van der Waals surface area contributed by atoms with Crippen molar-refractivity contribution in [3.8, 4) is 23.0 Å². The van der Waals surface area contributed by atoms with E-state index in [1.54, 1.807) is 0 Å². The molecule has 0 radical (unpaired) electrons. The number of hydrogen-bond donors (Lipinski definition) is 1. The van der Waals surface area contributed by atoms with Crippen molar-refractivity contribution in [3.63, 3.8) is 0 Å². The number of benzene rings is 3. The fourth-order valence-corrected chi connectivity index (χ4v) is 2.71. The molecule has 0 aromatic heterocycles. The Kier molecular flexibility index (Phi) is 4.43. The van der Waals surface area contributed by atoms with Crippen LogP contribution in [0.4, 0.5) is 5.69 Å². The van der Waals surface area contributed by atoms with E-state index in [1.165, 1.54) is 0 Å². The molecule has 26 heavy (non-hydrogen) atoms. The molecule has 4 rings (SSSR count). The molecule has 1 amide bonds. The average molecular weight is 347 g/mol. The third-order valence-corrected chi connectivity index (χ3v) is 3.93. The van der Waals surface area contributed by atoms with E-state index < -0.39 is 0 Å². The maximum absolute atomic E-state index is 12.4. The summed E-state index contributed by atoms with van der Waals surface area (Å²) in [4.78, 5) is 12.4. The van der Waals surface area contributed by atoms with Gasteiger partial charge in [-0.3, -0.25) is 4.79 Å². The van der Waals surface area contributed by atoms with Gasteiger partial charge in [-0.1, -0.05) is 36.4 Å². The molecular formula is C21H17NO4. The van der Waals surface area contributed by atoms with Crippen LogP contribution in [-0.2, 0) is 11.2 Å². The van der Waals surface area contributed by atoms with Crippen LogP contribution >= 0.6 is 0 Å². The zero-order valence-corrected chi connectivity index (χ0v) is 14.0. The van der Waals surface area contributed by atoms with Crippen molar-refractivity contribution < 1.29 is 19.0 Å². The molecular weight excluding hydrogens is 330 g/mol. The first-order chi connectivity index (χ1) is 12.8. The van der Waals surface area contributed by atoms with Gasteiger partial charge in [0.1, 0.15) is 5.75 Å². The maximum Gasteiger partial charge on any atom is 0.231 e. The van der Waals surface area contributed by atoms with Crippen LogP contribution in [0.25, 0.3) is 0 Å². The second kappa shape index (κ2) is 7.19. The highest BCUT2D eigenvalue weighted by molar-refractivity contribution is 5.93. The van der Waals surface area contributed by atoms with Gasteiger partial charge in [0.15, 0.2) is 17.2 Å². The third-order valence-electron chi connectivity index (χ3n) is 3.93. The summed E-state index contributed by atoms with van der Waals surface area (Å²) >= 11 is 0. The van der Waals surface area contributed by atoms with Gasteiger partial charge in [-0.25, -0.2) is 0 Å². The largest absolute Gasteiger partial charge is 0.455 e. The van der Waals surface area contributed by atoms with Crippen molar-refractivity contribution in [1.29, 1.82) is 0 Å². The van der Waals surface area contributed by atoms with Gasteiger partial charge in [-0.2, -0.15) is 0 Å². The Balaban J connectivity index is 1.46. The maximum atomic E-state index is 12.4. The second-order valence-electron chi connectivity index (χ2n) is 5.82. The van der Waals surface area contributed by atoms with Crippen molar-refractivity contribution in [3.05, 3.63) is 78.4 Å². The Morgan fingerprint density at radius 3 is 2.58 bits per heavy atom. The van der Waals surface area contributed by atoms with Gasteiger partial charge in [0.05, 0.1) is 12.1 Å². The summed E-state index contributed by atoms with van der Waals surface area (Å²) in [5, 5.41) is 2.91. The zero-order chi connectivity index (χ0) is 17.8. The zero-order valence-electron chi connectivity index (χ0n) is 14.0. The standard InChI is InChI=1S/C21H17NO4/c23-21(13-15-10-11-19-20(12-15)25-14-24-19)22-17-8-4-5-9-18(17)26-16-6-2-1-3-7-16/h1-12H,13-14H2,(H,22,23). The summed E-state index contributed by atoms with van der Waals surface area (Å²) in [6.07, 6.45) is 0.232. The molecule has 1 heterocycles. The number of amides is 1. The van der Waals surface area contributed by atoms with E-state index in [9.17, 15) is 4.79 Å². The number of anilines is 1. The number of rotatable bonds is 5. The first-order valence-electron chi connectivity index (χ1n) is 8.28. The number of para-hydroxylation sites is 3. The second-order valence-corrected chi connectivity index (χ2v) is 5.82. The SMILES string of the molecule is O=C(Cc1ccc2c(c1)OCO2)Nc1ccccc1Oc1ccccc1. The van der Waals surface area contributed by atoms with Crippen LogP contribution in [-0.4, -0.2) is 12.7 Å². The Bertz CT molecular complexity index is 924. The van der Waals surface area contributed by atoms with Crippen LogP contribution in [0.3, 0.4) is 0 Å². The summed E-state index contributed by atoms with van der Waals surface area (Å²) < 4.78 is 16.5. The van der Waals surface area contributed by atoms with Gasteiger partial charge in [0.2, 0.25) is 12.7 Å². The van der Waals surface area contributed by atoms with Gasteiger partial charge in [0.25, 0.3) is 0 Å². The molecule has 0 unspecified atom stereocenters. The summed E-state index contributed by atoms with van der Waals surface area (Å²) in [5.41, 5.74) is 1.48. The van der Waals surface area contributed by atoms with Crippen molar-refractivity contribution in [1.82, 2.24) is 0 Å². The third kappa shape index (κ3) is 3.62. The Hall–Kier alpha value is -3.47. The molecule has 0 fully saturated rings. The van der Waals surface area contributed by atoms with E-state index in [4.69, 9.17) is 14.2 Å². The van der Waals surface area contributed by atoms with Crippen LogP contribution in [0.2, 0.25) is 0 Å². The normalized spacial score (nSPS) is 11.8. The van der Waals surface area contributed by atoms with Crippen LogP contribution in [0.5, 0.6) is 23.0 Å². The van der Waals surface area contributed by atoms with E-state index in [0.29, 0.717) is 28.7 Å². The van der Waals surface area contributed by atoms with Crippen LogP contribution in [0.1, 0.15) is 5.56 Å². The molecule has 0 aliphatic carbocycles. The number of ether oxygens (including phenoxy) is 3. The highest BCUT2D eigenvalue weighted by Gasteiger charge is 2.15. The van der Waals surface area contributed by atoms with Crippen molar-refractivity contribution in [2.45, 2.75) is 6.42 Å². The molecule has 1 aliphatic rings. The highest BCUT2D eigenvalue weighted by atomic mass is 16.7. The first kappa shape index (κ1) is 16.0. The van der Waals surface area contributed by atoms with E-state index in [2.05, 4.69) is 5.32 Å². The minimum atomic E-state index is -0.132. The number of nitrogens with one attached hydrogen (secondary N) is 1. The van der Waals surface area contributed by atoms with Crippen molar-refractivity contribution in [2.24, 2.45) is 0 Å². The molecule has 0 spiro atoms. The minimum absolute atomic E-state index is 0.132. The summed E-state index contributed by atoms with van der Waals surface area (Å²) in [7, 11) is 0. The van der Waals surface area contributed by atoms with E-state index in [1.807, 2.05) is 72.8 Å². The number of carbonyl (C=O) groups excluding carboxylic acids is 1. The number of carbonyl (C=O) groups is 1. The molecule has 0 atom stereocenters. The Labute approximate surface area is 151 Å². The van der Waals surface area contributed by atoms with E-state index >= 15 is 0 Å². The molecule has 5 heteroatoms. The average Bonchev–Trinajstić information content (AvgIpc) is 3.12. The van der Waals surface area contributed by atoms with Gasteiger partial charge in [0, 0.05) is 0 Å². The molecule has 5 nitrogen and oxygen atoms in total. The molecule has 0 saturated heterocycles. The Morgan fingerprint density at radius 1 is 0.923 bits per heavy atom. The lowest BCUT2D eigenvalue weighted by atomic mass is 10.1. The fourth-order valence-electron chi connectivity index (χ4n) is 2.71. The smallest absolute Gasteiger partial charge is 0.231 e. The van der Waals surface area contributed by atoms with Crippen molar-refractivity contribution >= 4 is 11.6 Å². The summed E-state index contributed by atoms with van der Waals surface area (Å²) in [5.74, 6) is 2.55. The quantitative estimate of drug-likeness (QED) is 0.744. The molecule has 1 N–H and O–H groups in total. The number of hydrogen-bond acceptors (Lipinski definition) is 4. The minimum Gasteiger partial charge on any atom is -0.455 e. The van der Waals surface area contributed by atoms with E-state index in [-0.39, 0.29) is 19.1 Å². The van der Waals surface area contributed by atoms with Crippen LogP contribution < -0.4 is 19.5 Å². The first-order valence-corrected chi connectivity index (χ1v) is 8.28. The predicted octanol–water partition coefficient (Wildman–Crippen LogP) is 4.39. The highest BCUT2D eigenvalue weighted by Crippen LogP contribution is 2.33. The molecule has 130 valence electrons. The lowest BCUT2D eigenvalue weighted by Gasteiger charge is -2.12. The van der Waals surface area contributed by atoms with E-state index in [0.717, 1.165) is 5.56 Å². The molecule has 3 aromatic carbocycles. The lowest BCUT2D eigenvalue weighted by molar-refractivity contribution is -0.115. The molecule has 0 bridgehead atoms.